The van der Waals surface area contributed by atoms with Crippen LogP contribution in [0.4, 0.5) is 11.4 Å². The summed E-state index contributed by atoms with van der Waals surface area (Å²) in [6.45, 7) is 3.78. The van der Waals surface area contributed by atoms with Crippen LogP contribution in [-0.4, -0.2) is 11.3 Å². The predicted molar refractivity (Wildman–Crippen MR) is 73.4 cm³/mol. The third kappa shape index (κ3) is 4.27. The van der Waals surface area contributed by atoms with Gasteiger partial charge in [0.2, 0.25) is 5.91 Å². The molecule has 3 nitrogen and oxygen atoms in total. The number of nitrogens with two attached hydrogens (primary N) is 1. The van der Waals surface area contributed by atoms with Crippen LogP contribution in [0.15, 0.2) is 18.2 Å². The molecule has 1 unspecified atom stereocenters. The molecule has 0 radical (unpaired) electrons. The number of benzene rings is 1. The van der Waals surface area contributed by atoms with Gasteiger partial charge in [-0.3, -0.25) is 4.79 Å². The Hall–Kier alpha value is -1.22. The standard InChI is InChI=1S/C13H19ClN2O/c1-3-4-5-10-6-7-12(11(15)8-10)16-13(17)9(2)14/h6-9H,3-5,15H2,1-2H3,(H,16,17). The van der Waals surface area contributed by atoms with Gasteiger partial charge < -0.3 is 11.1 Å². The number of anilines is 2. The number of nitrogen functional groups attached to an aromatic ring is 1. The van der Waals surface area contributed by atoms with Crippen LogP contribution in [0.1, 0.15) is 32.3 Å². The molecule has 0 saturated heterocycles. The van der Waals surface area contributed by atoms with E-state index in [1.54, 1.807) is 6.92 Å². The zero-order valence-electron chi connectivity index (χ0n) is 10.3. The van der Waals surface area contributed by atoms with Crippen LogP contribution in [0.25, 0.3) is 0 Å². The molecule has 0 aliphatic carbocycles. The van der Waals surface area contributed by atoms with Crippen molar-refractivity contribution < 1.29 is 4.79 Å². The highest BCUT2D eigenvalue weighted by Gasteiger charge is 2.10. The van der Waals surface area contributed by atoms with E-state index in [9.17, 15) is 4.79 Å². The predicted octanol–water partition coefficient (Wildman–Crippen LogP) is 3.18. The summed E-state index contributed by atoms with van der Waals surface area (Å²) < 4.78 is 0. The van der Waals surface area contributed by atoms with Gasteiger partial charge in [-0.25, -0.2) is 0 Å². The second kappa shape index (κ2) is 6.50. The minimum atomic E-state index is -0.561. The Kier molecular flexibility index (Phi) is 5.29. The number of hydrogen-bond donors (Lipinski definition) is 2. The lowest BCUT2D eigenvalue weighted by atomic mass is 10.1. The van der Waals surface area contributed by atoms with Crippen molar-refractivity contribution in [1.82, 2.24) is 0 Å². The maximum absolute atomic E-state index is 11.4. The molecule has 1 rings (SSSR count). The average Bonchev–Trinajstić information content (AvgIpc) is 2.29. The summed E-state index contributed by atoms with van der Waals surface area (Å²) in [5.41, 5.74) is 8.29. The first-order chi connectivity index (χ1) is 8.04. The number of amides is 1. The van der Waals surface area contributed by atoms with Crippen molar-refractivity contribution in [3.8, 4) is 0 Å². The molecular weight excluding hydrogens is 236 g/mol. The molecule has 4 heteroatoms. The minimum Gasteiger partial charge on any atom is -0.397 e. The normalized spacial score (nSPS) is 12.2. The summed E-state index contributed by atoms with van der Waals surface area (Å²) in [7, 11) is 0. The number of rotatable bonds is 5. The zero-order valence-corrected chi connectivity index (χ0v) is 11.1. The van der Waals surface area contributed by atoms with Crippen molar-refractivity contribution >= 4 is 28.9 Å². The first-order valence-corrected chi connectivity index (χ1v) is 6.31. The molecule has 0 aliphatic rings. The Morgan fingerprint density at radius 1 is 1.53 bits per heavy atom. The number of halogens is 1. The van der Waals surface area contributed by atoms with E-state index in [1.807, 2.05) is 18.2 Å². The smallest absolute Gasteiger partial charge is 0.242 e. The molecule has 0 aliphatic heterocycles. The van der Waals surface area contributed by atoms with Gasteiger partial charge in [-0.2, -0.15) is 0 Å². The molecule has 0 saturated carbocycles. The fraction of sp³-hybridized carbons (Fsp3) is 0.462. The van der Waals surface area contributed by atoms with Crippen molar-refractivity contribution in [3.63, 3.8) is 0 Å². The van der Waals surface area contributed by atoms with Crippen LogP contribution in [0.2, 0.25) is 0 Å². The SMILES string of the molecule is CCCCc1ccc(NC(=O)C(C)Cl)c(N)c1. The van der Waals surface area contributed by atoms with Gasteiger partial charge in [0.15, 0.2) is 0 Å². The molecule has 1 aromatic carbocycles. The van der Waals surface area contributed by atoms with Gasteiger partial charge in [0.1, 0.15) is 5.38 Å². The van der Waals surface area contributed by atoms with E-state index in [0.717, 1.165) is 19.3 Å². The highest BCUT2D eigenvalue weighted by molar-refractivity contribution is 6.32. The number of hydrogen-bond acceptors (Lipinski definition) is 2. The number of unbranched alkanes of at least 4 members (excludes halogenated alkanes) is 1. The van der Waals surface area contributed by atoms with Crippen molar-refractivity contribution in [3.05, 3.63) is 23.8 Å². The summed E-state index contributed by atoms with van der Waals surface area (Å²) >= 11 is 5.68. The van der Waals surface area contributed by atoms with E-state index in [-0.39, 0.29) is 5.91 Å². The third-order valence-corrected chi connectivity index (χ3v) is 2.75. The van der Waals surface area contributed by atoms with Gasteiger partial charge in [-0.1, -0.05) is 19.4 Å². The van der Waals surface area contributed by atoms with Crippen molar-refractivity contribution in [2.24, 2.45) is 0 Å². The molecule has 1 aromatic rings. The lowest BCUT2D eigenvalue weighted by Gasteiger charge is -2.10. The molecule has 0 bridgehead atoms. The highest BCUT2D eigenvalue weighted by Crippen LogP contribution is 2.21. The van der Waals surface area contributed by atoms with Gasteiger partial charge in [-0.15, -0.1) is 11.6 Å². The first kappa shape index (κ1) is 13.8. The van der Waals surface area contributed by atoms with Crippen LogP contribution in [0, 0.1) is 0 Å². The quantitative estimate of drug-likeness (QED) is 0.626. The number of alkyl halides is 1. The maximum Gasteiger partial charge on any atom is 0.242 e. The molecule has 94 valence electrons. The van der Waals surface area contributed by atoms with E-state index >= 15 is 0 Å². The van der Waals surface area contributed by atoms with Gasteiger partial charge in [0.05, 0.1) is 11.4 Å². The monoisotopic (exact) mass is 254 g/mol. The second-order valence-electron chi connectivity index (χ2n) is 4.13. The van der Waals surface area contributed by atoms with Crippen LogP contribution in [0.3, 0.4) is 0 Å². The summed E-state index contributed by atoms with van der Waals surface area (Å²) in [6, 6.07) is 5.72. The lowest BCUT2D eigenvalue weighted by molar-refractivity contribution is -0.115. The fourth-order valence-corrected chi connectivity index (χ4v) is 1.55. The molecule has 0 heterocycles. The van der Waals surface area contributed by atoms with E-state index in [4.69, 9.17) is 17.3 Å². The zero-order chi connectivity index (χ0) is 12.8. The summed E-state index contributed by atoms with van der Waals surface area (Å²) in [4.78, 5) is 11.4. The first-order valence-electron chi connectivity index (χ1n) is 5.88. The van der Waals surface area contributed by atoms with E-state index in [0.29, 0.717) is 11.4 Å². The number of carbonyl (C=O) groups excluding carboxylic acids is 1. The largest absolute Gasteiger partial charge is 0.397 e. The Balaban J connectivity index is 2.72. The number of aryl methyl sites for hydroxylation is 1. The Labute approximate surface area is 107 Å². The summed E-state index contributed by atoms with van der Waals surface area (Å²) in [5, 5.41) is 2.14. The van der Waals surface area contributed by atoms with E-state index in [1.165, 1.54) is 5.56 Å². The van der Waals surface area contributed by atoms with Crippen LogP contribution >= 0.6 is 11.6 Å². The molecule has 0 spiro atoms. The van der Waals surface area contributed by atoms with Crippen molar-refractivity contribution in [1.29, 1.82) is 0 Å². The van der Waals surface area contributed by atoms with Crippen LogP contribution in [-0.2, 0) is 11.2 Å². The van der Waals surface area contributed by atoms with Crippen molar-refractivity contribution in [2.45, 2.75) is 38.5 Å². The Morgan fingerprint density at radius 2 is 2.24 bits per heavy atom. The van der Waals surface area contributed by atoms with Gasteiger partial charge in [0.25, 0.3) is 0 Å². The molecule has 3 N–H and O–H groups in total. The molecule has 1 atom stereocenters. The molecule has 17 heavy (non-hydrogen) atoms. The average molecular weight is 255 g/mol. The van der Waals surface area contributed by atoms with Gasteiger partial charge in [0, 0.05) is 0 Å². The number of nitrogens with one attached hydrogen (secondary N) is 1. The van der Waals surface area contributed by atoms with Crippen LogP contribution < -0.4 is 11.1 Å². The fourth-order valence-electron chi connectivity index (χ4n) is 1.49. The summed E-state index contributed by atoms with van der Waals surface area (Å²) in [6.07, 6.45) is 3.31. The van der Waals surface area contributed by atoms with E-state index < -0.39 is 5.38 Å². The Morgan fingerprint density at radius 3 is 2.76 bits per heavy atom. The van der Waals surface area contributed by atoms with Gasteiger partial charge in [-0.05, 0) is 37.5 Å². The topological polar surface area (TPSA) is 55.1 Å². The molecular formula is C13H19ClN2O. The van der Waals surface area contributed by atoms with Crippen molar-refractivity contribution in [2.75, 3.05) is 11.1 Å². The third-order valence-electron chi connectivity index (χ3n) is 2.55. The molecule has 1 amide bonds. The molecule has 0 fully saturated rings. The minimum absolute atomic E-state index is 0.236. The van der Waals surface area contributed by atoms with Crippen LogP contribution in [0.5, 0.6) is 0 Å². The second-order valence-corrected chi connectivity index (χ2v) is 4.79. The Bertz CT molecular complexity index is 391. The number of carbonyl (C=O) groups is 1. The highest BCUT2D eigenvalue weighted by atomic mass is 35.5. The van der Waals surface area contributed by atoms with E-state index in [2.05, 4.69) is 12.2 Å². The maximum atomic E-state index is 11.4. The summed E-state index contributed by atoms with van der Waals surface area (Å²) in [5.74, 6) is -0.236. The van der Waals surface area contributed by atoms with Gasteiger partial charge >= 0.3 is 0 Å². The molecule has 0 aromatic heterocycles. The lowest BCUT2D eigenvalue weighted by Crippen LogP contribution is -2.21.